The van der Waals surface area contributed by atoms with Crippen molar-refractivity contribution in [1.82, 2.24) is 19.4 Å². The molecule has 0 radical (unpaired) electrons. The van der Waals surface area contributed by atoms with Crippen LogP contribution in [0.3, 0.4) is 0 Å². The third-order valence-corrected chi connectivity index (χ3v) is 7.42. The van der Waals surface area contributed by atoms with Gasteiger partial charge in [-0.05, 0) is 67.3 Å². The molecule has 0 spiro atoms. The lowest BCUT2D eigenvalue weighted by Gasteiger charge is -2.24. The van der Waals surface area contributed by atoms with Gasteiger partial charge >= 0.3 is 0 Å². The van der Waals surface area contributed by atoms with Gasteiger partial charge in [-0.3, -0.25) is 14.2 Å². The first-order valence-corrected chi connectivity index (χ1v) is 13.3. The third-order valence-electron chi connectivity index (χ3n) is 7.42. The zero-order valence-electron chi connectivity index (χ0n) is 23.3. The van der Waals surface area contributed by atoms with Gasteiger partial charge in [0.15, 0.2) is 5.52 Å². The van der Waals surface area contributed by atoms with Crippen LogP contribution < -0.4 is 15.6 Å². The van der Waals surface area contributed by atoms with E-state index in [9.17, 15) is 9.59 Å². The normalized spacial score (nSPS) is 12.0. The Hall–Kier alpha value is -5.24. The number of aryl methyl sites for hydroxylation is 3. The topological polar surface area (TPSA) is 90.5 Å². The number of methoxy groups -OCH3 is 1. The standard InChI is InChI=1S/C33H29N5O3/c1-20-13-18-26-27(19-20)37(33(40)31-29(35-36-38(26)31)23-11-6-5-7-12-23)30(24-14-16-25(41-4)17-15-24)32(39)34-28-21(2)9-8-10-22(28)3/h5-19,30H,1-4H3,(H,34,39). The summed E-state index contributed by atoms with van der Waals surface area (Å²) in [6.07, 6.45) is 0. The number of para-hydroxylation sites is 1. The molecule has 0 aliphatic rings. The molecule has 6 rings (SSSR count). The van der Waals surface area contributed by atoms with Crippen LogP contribution in [0.25, 0.3) is 27.8 Å². The Labute approximate surface area is 236 Å². The van der Waals surface area contributed by atoms with Crippen molar-refractivity contribution in [3.63, 3.8) is 0 Å². The Morgan fingerprint density at radius 1 is 0.854 bits per heavy atom. The molecule has 0 saturated carbocycles. The van der Waals surface area contributed by atoms with Crippen molar-refractivity contribution in [2.24, 2.45) is 0 Å². The molecule has 4 aromatic carbocycles. The SMILES string of the molecule is COc1ccc(C(C(=O)Nc2c(C)cccc2C)n2c(=O)c3c(-c4ccccc4)nnn3c3ccc(C)cc32)cc1. The van der Waals surface area contributed by atoms with Crippen LogP contribution in [0.15, 0.2) is 95.8 Å². The van der Waals surface area contributed by atoms with Crippen molar-refractivity contribution in [2.75, 3.05) is 12.4 Å². The van der Waals surface area contributed by atoms with Crippen molar-refractivity contribution < 1.29 is 9.53 Å². The van der Waals surface area contributed by atoms with Crippen molar-refractivity contribution >= 4 is 28.1 Å². The number of anilines is 1. The van der Waals surface area contributed by atoms with Gasteiger partial charge < -0.3 is 10.1 Å². The van der Waals surface area contributed by atoms with Crippen LogP contribution in [0, 0.1) is 20.8 Å². The second-order valence-electron chi connectivity index (χ2n) is 10.2. The van der Waals surface area contributed by atoms with E-state index in [1.54, 1.807) is 28.3 Å². The molecule has 0 bridgehead atoms. The van der Waals surface area contributed by atoms with Gasteiger partial charge in [0.05, 0.1) is 18.1 Å². The Morgan fingerprint density at radius 3 is 2.24 bits per heavy atom. The number of carbonyl (C=O) groups is 1. The predicted molar refractivity (Wildman–Crippen MR) is 161 cm³/mol. The second-order valence-corrected chi connectivity index (χ2v) is 10.2. The van der Waals surface area contributed by atoms with Crippen LogP contribution in [0.4, 0.5) is 5.69 Å². The fraction of sp³-hybridized carbons (Fsp3) is 0.152. The monoisotopic (exact) mass is 543 g/mol. The first-order valence-electron chi connectivity index (χ1n) is 13.3. The van der Waals surface area contributed by atoms with Crippen molar-refractivity contribution in [1.29, 1.82) is 0 Å². The molecule has 8 nitrogen and oxygen atoms in total. The molecule has 8 heteroatoms. The first-order chi connectivity index (χ1) is 19.9. The minimum Gasteiger partial charge on any atom is -0.497 e. The molecular formula is C33H29N5O3. The summed E-state index contributed by atoms with van der Waals surface area (Å²) in [6.45, 7) is 5.85. The summed E-state index contributed by atoms with van der Waals surface area (Å²) in [5.74, 6) is 0.313. The van der Waals surface area contributed by atoms with E-state index in [2.05, 4.69) is 15.6 Å². The fourth-order valence-electron chi connectivity index (χ4n) is 5.33. The summed E-state index contributed by atoms with van der Waals surface area (Å²) in [4.78, 5) is 28.9. The Balaban J connectivity index is 1.67. The predicted octanol–water partition coefficient (Wildman–Crippen LogP) is 5.87. The zero-order chi connectivity index (χ0) is 28.7. The molecule has 1 N–H and O–H groups in total. The van der Waals surface area contributed by atoms with Crippen molar-refractivity contribution in [3.05, 3.63) is 124 Å². The highest BCUT2D eigenvalue weighted by atomic mass is 16.5. The summed E-state index contributed by atoms with van der Waals surface area (Å²) >= 11 is 0. The first kappa shape index (κ1) is 26.0. The minimum absolute atomic E-state index is 0.297. The number of ether oxygens (including phenoxy) is 1. The number of carbonyl (C=O) groups excluding carboxylic acids is 1. The molecular weight excluding hydrogens is 514 g/mol. The number of nitrogens with one attached hydrogen (secondary N) is 1. The minimum atomic E-state index is -1.000. The number of hydrogen-bond acceptors (Lipinski definition) is 5. The lowest BCUT2D eigenvalue weighted by molar-refractivity contribution is -0.118. The van der Waals surface area contributed by atoms with Gasteiger partial charge in [0.2, 0.25) is 0 Å². The summed E-state index contributed by atoms with van der Waals surface area (Å²) in [7, 11) is 1.59. The Bertz CT molecular complexity index is 1950. The molecule has 0 fully saturated rings. The van der Waals surface area contributed by atoms with Gasteiger partial charge in [0.1, 0.15) is 17.5 Å². The van der Waals surface area contributed by atoms with Gasteiger partial charge in [-0.15, -0.1) is 5.10 Å². The maximum Gasteiger partial charge on any atom is 0.280 e. The molecule has 41 heavy (non-hydrogen) atoms. The van der Waals surface area contributed by atoms with Crippen LogP contribution in [0.2, 0.25) is 0 Å². The van der Waals surface area contributed by atoms with Crippen LogP contribution in [0.1, 0.15) is 28.3 Å². The molecule has 2 heterocycles. The highest BCUT2D eigenvalue weighted by Crippen LogP contribution is 2.30. The lowest BCUT2D eigenvalue weighted by atomic mass is 10.0. The van der Waals surface area contributed by atoms with Gasteiger partial charge in [-0.25, -0.2) is 4.52 Å². The van der Waals surface area contributed by atoms with Crippen LogP contribution in [0.5, 0.6) is 5.75 Å². The zero-order valence-corrected chi connectivity index (χ0v) is 23.3. The molecule has 0 aliphatic heterocycles. The average Bonchev–Trinajstić information content (AvgIpc) is 3.43. The lowest BCUT2D eigenvalue weighted by Crippen LogP contribution is -2.35. The average molecular weight is 544 g/mol. The maximum atomic E-state index is 14.6. The number of hydrogen-bond donors (Lipinski definition) is 1. The number of aromatic nitrogens is 4. The third kappa shape index (κ3) is 4.53. The number of rotatable bonds is 6. The highest BCUT2D eigenvalue weighted by Gasteiger charge is 2.29. The van der Waals surface area contributed by atoms with E-state index >= 15 is 0 Å². The maximum absolute atomic E-state index is 14.6. The van der Waals surface area contributed by atoms with Gasteiger partial charge in [-0.2, -0.15) is 0 Å². The van der Waals surface area contributed by atoms with E-state index < -0.39 is 6.04 Å². The van der Waals surface area contributed by atoms with Gasteiger partial charge in [0, 0.05) is 11.3 Å². The van der Waals surface area contributed by atoms with Crippen LogP contribution in [-0.4, -0.2) is 32.4 Å². The quantitative estimate of drug-likeness (QED) is 0.284. The summed E-state index contributed by atoms with van der Waals surface area (Å²) < 4.78 is 8.52. The molecule has 1 amide bonds. The molecule has 0 aliphatic carbocycles. The largest absolute Gasteiger partial charge is 0.497 e. The highest BCUT2D eigenvalue weighted by molar-refractivity contribution is 5.98. The molecule has 1 unspecified atom stereocenters. The molecule has 2 aromatic heterocycles. The number of benzene rings is 4. The van der Waals surface area contributed by atoms with E-state index in [1.807, 2.05) is 99.6 Å². The fourth-order valence-corrected chi connectivity index (χ4v) is 5.33. The molecule has 6 aromatic rings. The number of fused-ring (bicyclic) bond motifs is 3. The van der Waals surface area contributed by atoms with Crippen LogP contribution in [-0.2, 0) is 4.79 Å². The van der Waals surface area contributed by atoms with Crippen LogP contribution >= 0.6 is 0 Å². The molecule has 0 saturated heterocycles. The van der Waals surface area contributed by atoms with Crippen molar-refractivity contribution in [3.8, 4) is 17.0 Å². The van der Waals surface area contributed by atoms with E-state index in [0.717, 1.165) is 27.9 Å². The molecule has 1 atom stereocenters. The van der Waals surface area contributed by atoms with Gasteiger partial charge in [-0.1, -0.05) is 71.9 Å². The Morgan fingerprint density at radius 2 is 1.56 bits per heavy atom. The van der Waals surface area contributed by atoms with E-state index in [0.29, 0.717) is 33.6 Å². The summed E-state index contributed by atoms with van der Waals surface area (Å²) in [5, 5.41) is 11.9. The number of amides is 1. The van der Waals surface area contributed by atoms with E-state index in [-0.39, 0.29) is 11.5 Å². The Kier molecular flexibility index (Phi) is 6.59. The van der Waals surface area contributed by atoms with E-state index in [1.165, 1.54) is 0 Å². The molecule has 204 valence electrons. The van der Waals surface area contributed by atoms with Gasteiger partial charge in [0.25, 0.3) is 11.5 Å². The second kappa shape index (κ2) is 10.4. The number of nitrogens with zero attached hydrogens (tertiary/aromatic N) is 4. The smallest absolute Gasteiger partial charge is 0.280 e. The summed E-state index contributed by atoms with van der Waals surface area (Å²) in [6, 6.07) is 27.3. The summed E-state index contributed by atoms with van der Waals surface area (Å²) in [5.41, 5.74) is 6.55. The van der Waals surface area contributed by atoms with E-state index in [4.69, 9.17) is 4.74 Å². The van der Waals surface area contributed by atoms with Crippen molar-refractivity contribution in [2.45, 2.75) is 26.8 Å².